The average Bonchev–Trinajstić information content (AvgIpc) is 2.34. The Morgan fingerprint density at radius 3 is 2.20 bits per heavy atom. The number of nitrogens with one attached hydrogen (secondary N) is 1. The summed E-state index contributed by atoms with van der Waals surface area (Å²) in [6.07, 6.45) is -0.692. The third-order valence-corrected chi connectivity index (χ3v) is 2.55. The normalized spacial score (nSPS) is 12.4. The van der Waals surface area contributed by atoms with Gasteiger partial charge in [0.25, 0.3) is 0 Å². The van der Waals surface area contributed by atoms with Crippen molar-refractivity contribution in [1.82, 2.24) is 5.32 Å². The largest absolute Gasteiger partial charge is 0.467 e. The molecule has 1 amide bonds. The van der Waals surface area contributed by atoms with Crippen molar-refractivity contribution in [3.63, 3.8) is 0 Å². The van der Waals surface area contributed by atoms with Gasteiger partial charge < -0.3 is 14.8 Å². The Morgan fingerprint density at radius 1 is 1.20 bits per heavy atom. The molecule has 20 heavy (non-hydrogen) atoms. The summed E-state index contributed by atoms with van der Waals surface area (Å²) in [6, 6.07) is 5.60. The Balaban J connectivity index is 2.88. The summed E-state index contributed by atoms with van der Waals surface area (Å²) in [5.74, 6) is -0.585. The molecule has 1 N–H and O–H groups in total. The van der Waals surface area contributed by atoms with Crippen LogP contribution in [-0.4, -0.2) is 24.8 Å². The predicted molar refractivity (Wildman–Crippen MR) is 75.6 cm³/mol. The lowest BCUT2D eigenvalue weighted by atomic mass is 10.1. The minimum Gasteiger partial charge on any atom is -0.467 e. The highest BCUT2D eigenvalue weighted by molar-refractivity contribution is 6.30. The highest BCUT2D eigenvalue weighted by Gasteiger charge is 2.26. The number of benzene rings is 1. The Kier molecular flexibility index (Phi) is 5.39. The van der Waals surface area contributed by atoms with Crippen molar-refractivity contribution >= 4 is 23.7 Å². The average molecular weight is 300 g/mol. The Hall–Kier alpha value is -1.75. The van der Waals surface area contributed by atoms with Crippen molar-refractivity contribution in [1.29, 1.82) is 0 Å². The lowest BCUT2D eigenvalue weighted by Crippen LogP contribution is -2.38. The minimum atomic E-state index is -0.938. The standard InChI is InChI=1S/C14H18ClNO4/c1-14(2,3)20-13(18)16-11(12(17)19-4)9-5-7-10(15)8-6-9/h5-8,11H,1-4H3,(H,16,18)/t11-/m1/s1. The molecular formula is C14H18ClNO4. The van der Waals surface area contributed by atoms with Crippen molar-refractivity contribution in [2.45, 2.75) is 32.4 Å². The highest BCUT2D eigenvalue weighted by Crippen LogP contribution is 2.18. The Bertz CT molecular complexity index is 479. The molecule has 0 unspecified atom stereocenters. The van der Waals surface area contributed by atoms with Crippen LogP contribution in [0.2, 0.25) is 5.02 Å². The number of carbonyl (C=O) groups is 2. The first kappa shape index (κ1) is 16.3. The smallest absolute Gasteiger partial charge is 0.408 e. The van der Waals surface area contributed by atoms with Crippen LogP contribution < -0.4 is 5.32 Å². The van der Waals surface area contributed by atoms with Gasteiger partial charge in [0.15, 0.2) is 6.04 Å². The van der Waals surface area contributed by atoms with Crippen molar-refractivity contribution < 1.29 is 19.1 Å². The summed E-state index contributed by atoms with van der Waals surface area (Å²) in [5.41, 5.74) is -0.0859. The van der Waals surface area contributed by atoms with Gasteiger partial charge in [-0.15, -0.1) is 0 Å². The molecule has 0 aliphatic rings. The number of alkyl carbamates (subject to hydrolysis) is 1. The number of carbonyl (C=O) groups excluding carboxylic acids is 2. The molecule has 5 nitrogen and oxygen atoms in total. The van der Waals surface area contributed by atoms with Crippen molar-refractivity contribution in [3.05, 3.63) is 34.9 Å². The van der Waals surface area contributed by atoms with E-state index in [-0.39, 0.29) is 0 Å². The number of hydrogen-bond donors (Lipinski definition) is 1. The molecule has 0 bridgehead atoms. The predicted octanol–water partition coefficient (Wildman–Crippen LogP) is 3.08. The maximum Gasteiger partial charge on any atom is 0.408 e. The molecule has 1 aromatic carbocycles. The molecule has 0 aromatic heterocycles. The molecule has 0 radical (unpaired) electrons. The van der Waals surface area contributed by atoms with Gasteiger partial charge >= 0.3 is 12.1 Å². The molecule has 6 heteroatoms. The highest BCUT2D eigenvalue weighted by atomic mass is 35.5. The third kappa shape index (κ3) is 5.09. The van der Waals surface area contributed by atoms with Gasteiger partial charge in [-0.25, -0.2) is 9.59 Å². The van der Waals surface area contributed by atoms with Crippen molar-refractivity contribution in [2.75, 3.05) is 7.11 Å². The van der Waals surface area contributed by atoms with E-state index < -0.39 is 23.7 Å². The van der Waals surface area contributed by atoms with Crippen LogP contribution in [0.25, 0.3) is 0 Å². The van der Waals surface area contributed by atoms with Gasteiger partial charge in [0.05, 0.1) is 7.11 Å². The number of hydrogen-bond acceptors (Lipinski definition) is 4. The van der Waals surface area contributed by atoms with Gasteiger partial charge in [0.1, 0.15) is 5.60 Å². The second-order valence-corrected chi connectivity index (χ2v) is 5.59. The molecule has 0 aliphatic carbocycles. The third-order valence-electron chi connectivity index (χ3n) is 2.30. The quantitative estimate of drug-likeness (QED) is 0.871. The van der Waals surface area contributed by atoms with E-state index in [2.05, 4.69) is 10.1 Å². The molecule has 0 aliphatic heterocycles. The van der Waals surface area contributed by atoms with Crippen LogP contribution in [0.5, 0.6) is 0 Å². The fraction of sp³-hybridized carbons (Fsp3) is 0.429. The van der Waals surface area contributed by atoms with Gasteiger partial charge in [-0.3, -0.25) is 0 Å². The van der Waals surface area contributed by atoms with E-state index >= 15 is 0 Å². The summed E-state index contributed by atoms with van der Waals surface area (Å²) in [6.45, 7) is 5.21. The lowest BCUT2D eigenvalue weighted by molar-refractivity contribution is -0.143. The van der Waals surface area contributed by atoms with Gasteiger partial charge in [-0.1, -0.05) is 23.7 Å². The van der Waals surface area contributed by atoms with E-state index in [1.54, 1.807) is 45.0 Å². The molecule has 110 valence electrons. The zero-order valence-electron chi connectivity index (χ0n) is 11.9. The van der Waals surface area contributed by atoms with Gasteiger partial charge in [-0.2, -0.15) is 0 Å². The summed E-state index contributed by atoms with van der Waals surface area (Å²) in [7, 11) is 1.25. The van der Waals surface area contributed by atoms with Crippen LogP contribution in [0.3, 0.4) is 0 Å². The minimum absolute atomic E-state index is 0.537. The fourth-order valence-electron chi connectivity index (χ4n) is 1.48. The first-order valence-electron chi connectivity index (χ1n) is 6.06. The maximum absolute atomic E-state index is 11.8. The molecule has 1 aromatic rings. The summed E-state index contributed by atoms with van der Waals surface area (Å²) >= 11 is 5.79. The molecule has 0 spiro atoms. The van der Waals surface area contributed by atoms with E-state index in [0.717, 1.165) is 0 Å². The van der Waals surface area contributed by atoms with E-state index in [0.29, 0.717) is 10.6 Å². The number of esters is 1. The van der Waals surface area contributed by atoms with Gasteiger partial charge in [0.2, 0.25) is 0 Å². The van der Waals surface area contributed by atoms with Crippen molar-refractivity contribution in [3.8, 4) is 0 Å². The monoisotopic (exact) mass is 299 g/mol. The zero-order chi connectivity index (χ0) is 15.3. The van der Waals surface area contributed by atoms with Crippen molar-refractivity contribution in [2.24, 2.45) is 0 Å². The molecule has 0 fully saturated rings. The summed E-state index contributed by atoms with van der Waals surface area (Å²) in [4.78, 5) is 23.5. The zero-order valence-corrected chi connectivity index (χ0v) is 12.7. The van der Waals surface area contributed by atoms with Crippen LogP contribution in [0, 0.1) is 0 Å². The lowest BCUT2D eigenvalue weighted by Gasteiger charge is -2.22. The van der Waals surface area contributed by atoms with E-state index in [9.17, 15) is 9.59 Å². The molecule has 0 heterocycles. The first-order chi connectivity index (χ1) is 9.23. The molecule has 0 saturated heterocycles. The van der Waals surface area contributed by atoms with E-state index in [1.807, 2.05) is 0 Å². The summed E-state index contributed by atoms with van der Waals surface area (Å²) in [5, 5.41) is 3.02. The van der Waals surface area contributed by atoms with E-state index in [4.69, 9.17) is 16.3 Å². The van der Waals surface area contributed by atoms with Crippen LogP contribution >= 0.6 is 11.6 Å². The number of rotatable bonds is 3. The Morgan fingerprint density at radius 2 is 1.75 bits per heavy atom. The first-order valence-corrected chi connectivity index (χ1v) is 6.43. The number of ether oxygens (including phenoxy) is 2. The SMILES string of the molecule is COC(=O)[C@H](NC(=O)OC(C)(C)C)c1ccc(Cl)cc1. The topological polar surface area (TPSA) is 64.6 Å². The second-order valence-electron chi connectivity index (χ2n) is 5.15. The molecule has 1 atom stereocenters. The van der Waals surface area contributed by atoms with E-state index in [1.165, 1.54) is 7.11 Å². The van der Waals surface area contributed by atoms with Crippen LogP contribution in [0.15, 0.2) is 24.3 Å². The van der Waals surface area contributed by atoms with Crippen LogP contribution in [-0.2, 0) is 14.3 Å². The van der Waals surface area contributed by atoms with Gasteiger partial charge in [-0.05, 0) is 38.5 Å². The number of methoxy groups -OCH3 is 1. The Labute approximate surface area is 123 Å². The maximum atomic E-state index is 11.8. The van der Waals surface area contributed by atoms with Crippen LogP contribution in [0.4, 0.5) is 4.79 Å². The number of halogens is 1. The second kappa shape index (κ2) is 6.61. The fourth-order valence-corrected chi connectivity index (χ4v) is 1.60. The number of amides is 1. The molecule has 0 saturated carbocycles. The molecule has 1 rings (SSSR count). The summed E-state index contributed by atoms with van der Waals surface area (Å²) < 4.78 is 9.81. The van der Waals surface area contributed by atoms with Gasteiger partial charge in [0, 0.05) is 5.02 Å². The molecular weight excluding hydrogens is 282 g/mol. The van der Waals surface area contributed by atoms with Crippen LogP contribution in [0.1, 0.15) is 32.4 Å².